The topological polar surface area (TPSA) is 43.3 Å². The minimum absolute atomic E-state index is 0.0872. The van der Waals surface area contributed by atoms with Gasteiger partial charge in [-0.2, -0.15) is 5.10 Å². The number of ether oxygens (including phenoxy) is 3. The van der Waals surface area contributed by atoms with Gasteiger partial charge in [-0.15, -0.1) is 0 Å². The molecule has 2 heterocycles. The van der Waals surface area contributed by atoms with Crippen LogP contribution in [-0.2, 0) is 0 Å². The molecule has 0 amide bonds. The highest BCUT2D eigenvalue weighted by Crippen LogP contribution is 2.48. The predicted molar refractivity (Wildman–Crippen MR) is 127 cm³/mol. The van der Waals surface area contributed by atoms with E-state index >= 15 is 0 Å². The van der Waals surface area contributed by atoms with Gasteiger partial charge >= 0.3 is 0 Å². The van der Waals surface area contributed by atoms with Crippen LogP contribution >= 0.6 is 31.9 Å². The Kier molecular flexibility index (Phi) is 5.40. The van der Waals surface area contributed by atoms with Crippen LogP contribution in [0.2, 0.25) is 0 Å². The zero-order chi connectivity index (χ0) is 21.5. The molecule has 0 saturated heterocycles. The molecular formula is C24H20Br2N2O3. The summed E-state index contributed by atoms with van der Waals surface area (Å²) in [5.74, 6) is 2.50. The molecule has 5 nitrogen and oxygen atoms in total. The van der Waals surface area contributed by atoms with Gasteiger partial charge in [0.1, 0.15) is 17.2 Å². The summed E-state index contributed by atoms with van der Waals surface area (Å²) in [5.41, 5.74) is 4.25. The molecule has 0 aliphatic carbocycles. The average molecular weight is 544 g/mol. The summed E-state index contributed by atoms with van der Waals surface area (Å²) < 4.78 is 19.1. The van der Waals surface area contributed by atoms with Gasteiger partial charge in [-0.05, 0) is 82.2 Å². The Hall–Kier alpha value is -2.51. The lowest BCUT2D eigenvalue weighted by Gasteiger charge is -2.38. The first kappa shape index (κ1) is 20.4. The first-order valence-corrected chi connectivity index (χ1v) is 11.5. The highest BCUT2D eigenvalue weighted by Gasteiger charge is 2.41. The second kappa shape index (κ2) is 8.20. The summed E-state index contributed by atoms with van der Waals surface area (Å²) in [7, 11) is 3.33. The molecule has 31 heavy (non-hydrogen) atoms. The molecule has 3 aromatic rings. The Bertz CT molecular complexity index is 1160. The van der Waals surface area contributed by atoms with Crippen LogP contribution in [0.1, 0.15) is 35.4 Å². The number of benzene rings is 3. The zero-order valence-electron chi connectivity index (χ0n) is 17.0. The fourth-order valence-corrected chi connectivity index (χ4v) is 5.01. The molecule has 158 valence electrons. The molecule has 5 rings (SSSR count). The molecule has 7 heteroatoms. The zero-order valence-corrected chi connectivity index (χ0v) is 20.2. The molecule has 0 fully saturated rings. The standard InChI is InChI=1S/C24H20Br2N2O3/c1-29-17-7-3-14(4-8-17)20-13-21-18-12-16(25)6-10-22(18)31-24(28(21)27-20)15-5-9-23(30-2)19(26)11-15/h3-12,21,24H,13H2,1-2H3/t21-,24-/m1/s1. The number of halogens is 2. The molecule has 2 atom stereocenters. The number of hydrogen-bond acceptors (Lipinski definition) is 5. The third-order valence-electron chi connectivity index (χ3n) is 5.64. The van der Waals surface area contributed by atoms with Crippen LogP contribution in [0.25, 0.3) is 0 Å². The Labute approximate surface area is 197 Å². The first-order chi connectivity index (χ1) is 15.1. The van der Waals surface area contributed by atoms with Crippen LogP contribution in [0.3, 0.4) is 0 Å². The monoisotopic (exact) mass is 542 g/mol. The largest absolute Gasteiger partial charge is 0.497 e. The minimum atomic E-state index is -0.336. The molecule has 0 saturated carbocycles. The summed E-state index contributed by atoms with van der Waals surface area (Å²) in [6, 6.07) is 20.3. The lowest BCUT2D eigenvalue weighted by molar-refractivity contribution is -0.0191. The van der Waals surface area contributed by atoms with Crippen molar-refractivity contribution in [1.29, 1.82) is 0 Å². The number of nitrogens with zero attached hydrogens (tertiary/aromatic N) is 2. The highest BCUT2D eigenvalue weighted by molar-refractivity contribution is 9.10. The van der Waals surface area contributed by atoms with Crippen molar-refractivity contribution in [2.75, 3.05) is 14.2 Å². The normalized spacial score (nSPS) is 19.2. The maximum absolute atomic E-state index is 6.45. The molecule has 0 unspecified atom stereocenters. The van der Waals surface area contributed by atoms with E-state index in [0.717, 1.165) is 55.0 Å². The van der Waals surface area contributed by atoms with Gasteiger partial charge in [-0.1, -0.05) is 15.9 Å². The predicted octanol–water partition coefficient (Wildman–Crippen LogP) is 6.47. The van der Waals surface area contributed by atoms with Gasteiger partial charge in [0.25, 0.3) is 0 Å². The lowest BCUT2D eigenvalue weighted by Crippen LogP contribution is -2.33. The third-order valence-corrected chi connectivity index (χ3v) is 6.75. The van der Waals surface area contributed by atoms with E-state index < -0.39 is 0 Å². The van der Waals surface area contributed by atoms with Crippen molar-refractivity contribution in [3.8, 4) is 17.2 Å². The van der Waals surface area contributed by atoms with E-state index in [2.05, 4.69) is 55.1 Å². The van der Waals surface area contributed by atoms with E-state index in [0.29, 0.717) is 0 Å². The molecule has 2 aliphatic rings. The van der Waals surface area contributed by atoms with Crippen molar-refractivity contribution < 1.29 is 14.2 Å². The molecular weight excluding hydrogens is 524 g/mol. The number of fused-ring (bicyclic) bond motifs is 3. The van der Waals surface area contributed by atoms with Crippen LogP contribution in [0.5, 0.6) is 17.2 Å². The van der Waals surface area contributed by atoms with Crippen molar-refractivity contribution in [3.05, 3.63) is 86.3 Å². The van der Waals surface area contributed by atoms with Gasteiger partial charge < -0.3 is 14.2 Å². The molecule has 0 spiro atoms. The minimum Gasteiger partial charge on any atom is -0.497 e. The Morgan fingerprint density at radius 2 is 1.77 bits per heavy atom. The second-order valence-electron chi connectivity index (χ2n) is 7.42. The van der Waals surface area contributed by atoms with Crippen LogP contribution in [0.4, 0.5) is 0 Å². The maximum atomic E-state index is 6.45. The molecule has 0 bridgehead atoms. The highest BCUT2D eigenvalue weighted by atomic mass is 79.9. The lowest BCUT2D eigenvalue weighted by atomic mass is 9.96. The van der Waals surface area contributed by atoms with Crippen LogP contribution in [0.15, 0.2) is 74.7 Å². The molecule has 3 aromatic carbocycles. The van der Waals surface area contributed by atoms with Crippen LogP contribution in [-0.4, -0.2) is 24.9 Å². The van der Waals surface area contributed by atoms with Crippen LogP contribution in [0, 0.1) is 0 Å². The number of methoxy groups -OCH3 is 2. The second-order valence-corrected chi connectivity index (χ2v) is 9.19. The van der Waals surface area contributed by atoms with Gasteiger partial charge in [-0.3, -0.25) is 0 Å². The van der Waals surface area contributed by atoms with Crippen molar-refractivity contribution in [1.82, 2.24) is 5.01 Å². The van der Waals surface area contributed by atoms with Gasteiger partial charge in [0.2, 0.25) is 6.23 Å². The van der Waals surface area contributed by atoms with Crippen molar-refractivity contribution >= 4 is 37.6 Å². The Morgan fingerprint density at radius 1 is 0.968 bits per heavy atom. The number of rotatable bonds is 4. The van der Waals surface area contributed by atoms with Crippen molar-refractivity contribution in [3.63, 3.8) is 0 Å². The fourth-order valence-electron chi connectivity index (χ4n) is 4.07. The number of hydrazone groups is 1. The molecule has 2 aliphatic heterocycles. The molecule has 0 aromatic heterocycles. The van der Waals surface area contributed by atoms with Crippen molar-refractivity contribution in [2.45, 2.75) is 18.7 Å². The van der Waals surface area contributed by atoms with Gasteiger partial charge in [-0.25, -0.2) is 5.01 Å². The maximum Gasteiger partial charge on any atom is 0.213 e. The van der Waals surface area contributed by atoms with Crippen molar-refractivity contribution in [2.24, 2.45) is 5.10 Å². The SMILES string of the molecule is COc1ccc(C2=NN3[C@H](C2)c2cc(Br)ccc2O[C@@H]3c2ccc(OC)c(Br)c2)cc1. The summed E-state index contributed by atoms with van der Waals surface area (Å²) in [6.45, 7) is 0. The first-order valence-electron chi connectivity index (χ1n) is 9.87. The van der Waals surface area contributed by atoms with Gasteiger partial charge in [0.05, 0.1) is 30.4 Å². The van der Waals surface area contributed by atoms with Crippen LogP contribution < -0.4 is 14.2 Å². The van der Waals surface area contributed by atoms with E-state index in [9.17, 15) is 0 Å². The smallest absolute Gasteiger partial charge is 0.213 e. The fraction of sp³-hybridized carbons (Fsp3) is 0.208. The van der Waals surface area contributed by atoms with E-state index in [1.54, 1.807) is 14.2 Å². The van der Waals surface area contributed by atoms with E-state index in [-0.39, 0.29) is 12.3 Å². The Balaban J connectivity index is 1.57. The number of hydrogen-bond donors (Lipinski definition) is 0. The third kappa shape index (κ3) is 3.70. The van der Waals surface area contributed by atoms with Gasteiger partial charge in [0, 0.05) is 22.0 Å². The van der Waals surface area contributed by atoms with E-state index in [4.69, 9.17) is 19.3 Å². The van der Waals surface area contributed by atoms with E-state index in [1.165, 1.54) is 0 Å². The van der Waals surface area contributed by atoms with E-state index in [1.807, 2.05) is 42.5 Å². The Morgan fingerprint density at radius 3 is 2.48 bits per heavy atom. The quantitative estimate of drug-likeness (QED) is 0.378. The average Bonchev–Trinajstić information content (AvgIpc) is 3.24. The molecule has 0 N–H and O–H groups in total. The summed E-state index contributed by atoms with van der Waals surface area (Å²) in [5, 5.41) is 7.09. The summed E-state index contributed by atoms with van der Waals surface area (Å²) in [6.07, 6.45) is 0.462. The molecule has 0 radical (unpaired) electrons. The summed E-state index contributed by atoms with van der Waals surface area (Å²) in [4.78, 5) is 0. The van der Waals surface area contributed by atoms with Gasteiger partial charge in [0.15, 0.2) is 0 Å². The summed E-state index contributed by atoms with van der Waals surface area (Å²) >= 11 is 7.20.